The van der Waals surface area contributed by atoms with E-state index in [-0.39, 0.29) is 0 Å². The van der Waals surface area contributed by atoms with Crippen molar-refractivity contribution in [2.45, 2.75) is 40.0 Å². The van der Waals surface area contributed by atoms with Crippen molar-refractivity contribution < 1.29 is 8.53 Å². The van der Waals surface area contributed by atoms with Gasteiger partial charge in [-0.15, -0.1) is 0 Å². The van der Waals surface area contributed by atoms with Crippen molar-refractivity contribution in [3.63, 3.8) is 0 Å². The Morgan fingerprint density at radius 2 is 1.47 bits per heavy atom. The minimum Gasteiger partial charge on any atom is -0.455 e. The average molecular weight is 499 g/mol. The van der Waals surface area contributed by atoms with Crippen molar-refractivity contribution in [1.82, 2.24) is 4.98 Å². The van der Waals surface area contributed by atoms with Gasteiger partial charge in [0.15, 0.2) is 0 Å². The standard InChI is InChI=1S/C36H33NO/c1-24(26-16-18-28(19-17-26)27-10-6-5-7-11-27)29-12-8-13-30-31-14-9-15-32(35(31)38-34(29)30)33-22-25(20-21-37-33)23-36(2,3)4/h5-22,24H,23H2,1-4H3/i23D2,24D. The van der Waals surface area contributed by atoms with Crippen molar-refractivity contribution in [1.29, 1.82) is 0 Å². The summed E-state index contributed by atoms with van der Waals surface area (Å²) in [5.41, 5.74) is 6.76. The third-order valence-electron chi connectivity index (χ3n) is 6.91. The molecule has 1 unspecified atom stereocenters. The second-order valence-electron chi connectivity index (χ2n) is 10.8. The van der Waals surface area contributed by atoms with Gasteiger partial charge in [-0.05, 0) is 52.2 Å². The van der Waals surface area contributed by atoms with Crippen LogP contribution in [0.5, 0.6) is 0 Å². The minimum atomic E-state index is -1.54. The molecule has 2 heterocycles. The summed E-state index contributed by atoms with van der Waals surface area (Å²) in [6.45, 7) is 7.62. The van der Waals surface area contributed by atoms with Crippen molar-refractivity contribution >= 4 is 21.9 Å². The zero-order valence-electron chi connectivity index (χ0n) is 25.2. The predicted molar refractivity (Wildman–Crippen MR) is 160 cm³/mol. The topological polar surface area (TPSA) is 26.0 Å². The van der Waals surface area contributed by atoms with Gasteiger partial charge in [0.25, 0.3) is 0 Å². The van der Waals surface area contributed by atoms with E-state index in [1.165, 1.54) is 0 Å². The number of rotatable bonds is 5. The molecule has 188 valence electrons. The second kappa shape index (κ2) is 9.61. The number of aromatic nitrogens is 1. The molecular weight excluding hydrogens is 462 g/mol. The third-order valence-corrected chi connectivity index (χ3v) is 6.91. The fraction of sp³-hybridized carbons (Fsp3) is 0.194. The lowest BCUT2D eigenvalue weighted by Crippen LogP contribution is -2.09. The molecule has 2 nitrogen and oxygen atoms in total. The summed E-state index contributed by atoms with van der Waals surface area (Å²) in [6.07, 6.45) is 0.129. The summed E-state index contributed by atoms with van der Waals surface area (Å²) < 4.78 is 33.6. The van der Waals surface area contributed by atoms with Gasteiger partial charge in [0.1, 0.15) is 11.2 Å². The maximum atomic E-state index is 9.50. The number of nitrogens with zero attached hydrogens (tertiary/aromatic N) is 1. The molecule has 0 saturated heterocycles. The Kier molecular flexibility index (Phi) is 5.27. The van der Waals surface area contributed by atoms with Crippen LogP contribution >= 0.6 is 0 Å². The molecule has 0 amide bonds. The van der Waals surface area contributed by atoms with Crippen molar-refractivity contribution in [2.75, 3.05) is 0 Å². The predicted octanol–water partition coefficient (Wildman–Crippen LogP) is 10.1. The maximum absolute atomic E-state index is 9.50. The summed E-state index contributed by atoms with van der Waals surface area (Å²) in [5.74, 6) is -1.05. The highest BCUT2D eigenvalue weighted by Crippen LogP contribution is 2.40. The van der Waals surface area contributed by atoms with E-state index in [9.17, 15) is 1.37 Å². The number of fused-ring (bicyclic) bond motifs is 3. The van der Waals surface area contributed by atoms with E-state index in [0.717, 1.165) is 38.6 Å². The molecule has 4 aromatic carbocycles. The highest BCUT2D eigenvalue weighted by atomic mass is 16.3. The number of hydrogen-bond donors (Lipinski definition) is 0. The minimum absolute atomic E-state index is 0.580. The van der Waals surface area contributed by atoms with Gasteiger partial charge in [0, 0.05) is 38.1 Å². The first-order chi connectivity index (χ1) is 19.5. The number of hydrogen-bond acceptors (Lipinski definition) is 2. The number of furan rings is 1. The third kappa shape index (κ3) is 4.63. The largest absolute Gasteiger partial charge is 0.455 e. The van der Waals surface area contributed by atoms with Gasteiger partial charge in [-0.1, -0.05) is 113 Å². The van der Waals surface area contributed by atoms with E-state index in [4.69, 9.17) is 7.16 Å². The molecule has 0 spiro atoms. The van der Waals surface area contributed by atoms with Crippen LogP contribution < -0.4 is 0 Å². The van der Waals surface area contributed by atoms with Gasteiger partial charge in [-0.2, -0.15) is 0 Å². The molecule has 6 aromatic rings. The first-order valence-corrected chi connectivity index (χ1v) is 13.1. The van der Waals surface area contributed by atoms with Crippen LogP contribution in [-0.4, -0.2) is 4.98 Å². The van der Waals surface area contributed by atoms with Gasteiger partial charge in [0.2, 0.25) is 0 Å². The molecule has 0 N–H and O–H groups in total. The average Bonchev–Trinajstić information content (AvgIpc) is 3.36. The second-order valence-corrected chi connectivity index (χ2v) is 10.8. The smallest absolute Gasteiger partial charge is 0.144 e. The lowest BCUT2D eigenvalue weighted by atomic mass is 9.88. The number of para-hydroxylation sites is 2. The van der Waals surface area contributed by atoms with Crippen LogP contribution in [0.4, 0.5) is 0 Å². The first-order valence-electron chi connectivity index (χ1n) is 14.6. The monoisotopic (exact) mass is 498 g/mol. The highest BCUT2D eigenvalue weighted by Gasteiger charge is 2.19. The van der Waals surface area contributed by atoms with Crippen LogP contribution in [-0.2, 0) is 6.37 Å². The van der Waals surface area contributed by atoms with Crippen molar-refractivity contribution in [2.24, 2.45) is 5.41 Å². The molecule has 0 aliphatic heterocycles. The molecular formula is C36H33NO. The van der Waals surface area contributed by atoms with Gasteiger partial charge in [-0.3, -0.25) is 4.98 Å². The lowest BCUT2D eigenvalue weighted by molar-refractivity contribution is 0.411. The normalized spacial score (nSPS) is 15.1. The summed E-state index contributed by atoms with van der Waals surface area (Å²) in [7, 11) is 0. The Morgan fingerprint density at radius 1 is 0.789 bits per heavy atom. The molecule has 0 fully saturated rings. The van der Waals surface area contributed by atoms with Crippen LogP contribution in [0, 0.1) is 5.41 Å². The molecule has 0 aliphatic rings. The van der Waals surface area contributed by atoms with E-state index in [1.54, 1.807) is 12.3 Å². The maximum Gasteiger partial charge on any atom is 0.144 e. The molecule has 0 saturated carbocycles. The van der Waals surface area contributed by atoms with Crippen LogP contribution in [0.2, 0.25) is 0 Å². The lowest BCUT2D eigenvalue weighted by Gasteiger charge is -2.18. The molecule has 1 atom stereocenters. The van der Waals surface area contributed by atoms with Crippen molar-refractivity contribution in [3.05, 3.63) is 126 Å². The Balaban J connectivity index is 1.46. The van der Waals surface area contributed by atoms with Gasteiger partial charge >= 0.3 is 0 Å². The molecule has 2 aromatic heterocycles. The van der Waals surface area contributed by atoms with E-state index < -0.39 is 17.7 Å². The molecule has 6 rings (SSSR count). The van der Waals surface area contributed by atoms with Gasteiger partial charge in [0.05, 0.1) is 5.69 Å². The molecule has 38 heavy (non-hydrogen) atoms. The van der Waals surface area contributed by atoms with Gasteiger partial charge < -0.3 is 4.42 Å². The number of pyridine rings is 1. The van der Waals surface area contributed by atoms with Gasteiger partial charge in [-0.25, -0.2) is 0 Å². The summed E-state index contributed by atoms with van der Waals surface area (Å²) in [6, 6.07) is 34.0. The Hall–Kier alpha value is -4.17. The van der Waals surface area contributed by atoms with E-state index in [1.807, 2.05) is 100 Å². The van der Waals surface area contributed by atoms with Crippen LogP contribution in [0.25, 0.3) is 44.3 Å². The van der Waals surface area contributed by atoms with Crippen molar-refractivity contribution in [3.8, 4) is 22.4 Å². The SMILES string of the molecule is [2H]C(C)(c1ccc(-c2ccccc2)cc1)c1cccc2c1oc1c(-c3cc(C([2H])([2H])C(C)(C)C)ccn3)cccc12. The molecule has 0 aliphatic carbocycles. The molecule has 0 bridgehead atoms. The van der Waals surface area contributed by atoms with Crippen LogP contribution in [0.15, 0.2) is 114 Å². The highest BCUT2D eigenvalue weighted by molar-refractivity contribution is 6.10. The van der Waals surface area contributed by atoms with E-state index >= 15 is 0 Å². The van der Waals surface area contributed by atoms with E-state index in [0.29, 0.717) is 22.4 Å². The van der Waals surface area contributed by atoms with E-state index in [2.05, 4.69) is 29.2 Å². The first kappa shape index (κ1) is 20.8. The summed E-state index contributed by atoms with van der Waals surface area (Å²) in [4.78, 5) is 4.61. The zero-order chi connectivity index (χ0) is 29.0. The fourth-order valence-corrected chi connectivity index (χ4v) is 5.10. The quantitative estimate of drug-likeness (QED) is 0.236. The summed E-state index contributed by atoms with van der Waals surface area (Å²) >= 11 is 0. The number of benzene rings is 4. The Labute approximate surface area is 229 Å². The fourth-order valence-electron chi connectivity index (χ4n) is 5.10. The zero-order valence-corrected chi connectivity index (χ0v) is 22.2. The molecule has 2 heteroatoms. The van der Waals surface area contributed by atoms with Crippen LogP contribution in [0.3, 0.4) is 0 Å². The Morgan fingerprint density at radius 3 is 2.21 bits per heavy atom. The summed E-state index contributed by atoms with van der Waals surface area (Å²) in [5, 5.41) is 1.89. The molecule has 0 radical (unpaired) electrons. The van der Waals surface area contributed by atoms with Crippen LogP contribution in [0.1, 0.15) is 54.4 Å². The Bertz CT molecular complexity index is 1860.